The summed E-state index contributed by atoms with van der Waals surface area (Å²) in [4.78, 5) is 22.8. The fraction of sp³-hybridized carbons (Fsp3) is 0.444. The molecule has 0 saturated carbocycles. The Kier molecular flexibility index (Phi) is 3.15. The van der Waals surface area contributed by atoms with Crippen molar-refractivity contribution in [2.24, 2.45) is 0 Å². The van der Waals surface area contributed by atoms with E-state index in [1.807, 2.05) is 0 Å². The number of nitrogens with zero attached hydrogens (tertiary/aromatic N) is 4. The number of hydrogen-bond donors (Lipinski definition) is 0. The zero-order chi connectivity index (χ0) is 10.7. The first-order valence-electron chi connectivity index (χ1n) is 4.71. The molecule has 1 amide bonds. The fourth-order valence-corrected chi connectivity index (χ4v) is 1.70. The van der Waals surface area contributed by atoms with Crippen LogP contribution in [0.5, 0.6) is 0 Å². The van der Waals surface area contributed by atoms with E-state index in [1.165, 1.54) is 0 Å². The number of piperazine rings is 1. The standard InChI is InChI=1S/C9H11BrN4O/c10-8-5-11-9(12-6-8)14-3-1-13(7-15)2-4-14/h5-7H,1-4H2. The van der Waals surface area contributed by atoms with Crippen molar-refractivity contribution >= 4 is 28.3 Å². The van der Waals surface area contributed by atoms with Crippen LogP contribution < -0.4 is 4.90 Å². The molecule has 1 saturated heterocycles. The van der Waals surface area contributed by atoms with E-state index in [4.69, 9.17) is 0 Å². The lowest BCUT2D eigenvalue weighted by molar-refractivity contribution is -0.118. The highest BCUT2D eigenvalue weighted by Crippen LogP contribution is 2.12. The van der Waals surface area contributed by atoms with Crippen molar-refractivity contribution in [2.45, 2.75) is 0 Å². The summed E-state index contributed by atoms with van der Waals surface area (Å²) in [5, 5.41) is 0. The summed E-state index contributed by atoms with van der Waals surface area (Å²) in [6.45, 7) is 3.06. The van der Waals surface area contributed by atoms with Gasteiger partial charge in [0.1, 0.15) is 0 Å². The molecule has 1 aliphatic heterocycles. The summed E-state index contributed by atoms with van der Waals surface area (Å²) in [7, 11) is 0. The van der Waals surface area contributed by atoms with E-state index in [0.717, 1.165) is 43.0 Å². The van der Waals surface area contributed by atoms with Gasteiger partial charge in [-0.1, -0.05) is 0 Å². The van der Waals surface area contributed by atoms with Crippen LogP contribution in [0.2, 0.25) is 0 Å². The van der Waals surface area contributed by atoms with Crippen LogP contribution in [0.3, 0.4) is 0 Å². The smallest absolute Gasteiger partial charge is 0.225 e. The lowest BCUT2D eigenvalue weighted by Crippen LogP contribution is -2.46. The van der Waals surface area contributed by atoms with Crippen molar-refractivity contribution in [1.82, 2.24) is 14.9 Å². The Morgan fingerprint density at radius 1 is 1.20 bits per heavy atom. The van der Waals surface area contributed by atoms with Gasteiger partial charge in [-0.05, 0) is 15.9 Å². The molecule has 0 aliphatic carbocycles. The molecule has 2 heterocycles. The molecule has 0 radical (unpaired) electrons. The van der Waals surface area contributed by atoms with Crippen molar-refractivity contribution in [3.63, 3.8) is 0 Å². The average molecular weight is 271 g/mol. The van der Waals surface area contributed by atoms with Crippen molar-refractivity contribution in [3.05, 3.63) is 16.9 Å². The molecule has 1 fully saturated rings. The summed E-state index contributed by atoms with van der Waals surface area (Å²) in [6, 6.07) is 0. The molecule has 2 rings (SSSR count). The molecule has 0 atom stereocenters. The highest BCUT2D eigenvalue weighted by molar-refractivity contribution is 9.10. The molecular formula is C9H11BrN4O. The van der Waals surface area contributed by atoms with E-state index < -0.39 is 0 Å². The predicted octanol–water partition coefficient (Wildman–Crippen LogP) is 0.517. The Bertz CT molecular complexity index is 334. The summed E-state index contributed by atoms with van der Waals surface area (Å²) in [5.74, 6) is 0.726. The second-order valence-corrected chi connectivity index (χ2v) is 4.25. The lowest BCUT2D eigenvalue weighted by Gasteiger charge is -2.32. The summed E-state index contributed by atoms with van der Waals surface area (Å²) < 4.78 is 0.873. The molecule has 0 unspecified atom stereocenters. The van der Waals surface area contributed by atoms with Gasteiger partial charge < -0.3 is 9.80 Å². The van der Waals surface area contributed by atoms with Crippen molar-refractivity contribution in [2.75, 3.05) is 31.1 Å². The minimum atomic E-state index is 0.726. The third-order valence-electron chi connectivity index (χ3n) is 2.35. The highest BCUT2D eigenvalue weighted by atomic mass is 79.9. The van der Waals surface area contributed by atoms with Gasteiger partial charge in [0.15, 0.2) is 0 Å². The van der Waals surface area contributed by atoms with Crippen molar-refractivity contribution < 1.29 is 4.79 Å². The minimum Gasteiger partial charge on any atom is -0.342 e. The zero-order valence-corrected chi connectivity index (χ0v) is 9.72. The van der Waals surface area contributed by atoms with Crippen LogP contribution in [0.1, 0.15) is 0 Å². The van der Waals surface area contributed by atoms with E-state index in [-0.39, 0.29) is 0 Å². The Hall–Kier alpha value is -1.17. The third-order valence-corrected chi connectivity index (χ3v) is 2.76. The first kappa shape index (κ1) is 10.4. The number of carbonyl (C=O) groups is 1. The normalized spacial score (nSPS) is 16.6. The number of rotatable bonds is 2. The molecule has 5 nitrogen and oxygen atoms in total. The van der Waals surface area contributed by atoms with Gasteiger partial charge in [0, 0.05) is 38.6 Å². The molecule has 80 valence electrons. The molecule has 6 heteroatoms. The SMILES string of the molecule is O=CN1CCN(c2ncc(Br)cn2)CC1. The number of halogens is 1. The maximum Gasteiger partial charge on any atom is 0.225 e. The van der Waals surface area contributed by atoms with Crippen LogP contribution in [-0.2, 0) is 4.79 Å². The molecule has 0 N–H and O–H groups in total. The maximum absolute atomic E-state index is 10.5. The van der Waals surface area contributed by atoms with E-state index in [2.05, 4.69) is 30.8 Å². The van der Waals surface area contributed by atoms with Crippen molar-refractivity contribution in [1.29, 1.82) is 0 Å². The number of amides is 1. The van der Waals surface area contributed by atoms with Crippen LogP contribution in [-0.4, -0.2) is 47.5 Å². The lowest BCUT2D eigenvalue weighted by atomic mass is 10.3. The van der Waals surface area contributed by atoms with Crippen LogP contribution in [0.4, 0.5) is 5.95 Å². The Morgan fingerprint density at radius 2 is 1.80 bits per heavy atom. The van der Waals surface area contributed by atoms with Crippen LogP contribution in [0, 0.1) is 0 Å². The number of aromatic nitrogens is 2. The minimum absolute atomic E-state index is 0.726. The molecular weight excluding hydrogens is 260 g/mol. The topological polar surface area (TPSA) is 49.3 Å². The first-order valence-corrected chi connectivity index (χ1v) is 5.51. The van der Waals surface area contributed by atoms with Gasteiger partial charge in [-0.3, -0.25) is 4.79 Å². The quantitative estimate of drug-likeness (QED) is 0.736. The number of hydrogen-bond acceptors (Lipinski definition) is 4. The van der Waals surface area contributed by atoms with E-state index in [9.17, 15) is 4.79 Å². The highest BCUT2D eigenvalue weighted by Gasteiger charge is 2.17. The first-order chi connectivity index (χ1) is 7.29. The molecule has 1 aromatic rings. The Balaban J connectivity index is 2.01. The maximum atomic E-state index is 10.5. The van der Waals surface area contributed by atoms with Gasteiger partial charge in [-0.25, -0.2) is 9.97 Å². The third kappa shape index (κ3) is 2.44. The molecule has 0 spiro atoms. The van der Waals surface area contributed by atoms with Crippen molar-refractivity contribution in [3.8, 4) is 0 Å². The van der Waals surface area contributed by atoms with Crippen LogP contribution in [0.25, 0.3) is 0 Å². The summed E-state index contributed by atoms with van der Waals surface area (Å²) in [5.41, 5.74) is 0. The Morgan fingerprint density at radius 3 is 2.33 bits per heavy atom. The fourth-order valence-electron chi connectivity index (χ4n) is 1.50. The second-order valence-electron chi connectivity index (χ2n) is 3.33. The summed E-state index contributed by atoms with van der Waals surface area (Å²) in [6.07, 6.45) is 4.35. The molecule has 0 bridgehead atoms. The summed E-state index contributed by atoms with van der Waals surface area (Å²) >= 11 is 3.29. The van der Waals surface area contributed by atoms with Gasteiger partial charge in [0.05, 0.1) is 4.47 Å². The second kappa shape index (κ2) is 4.57. The monoisotopic (exact) mass is 270 g/mol. The van der Waals surface area contributed by atoms with Gasteiger partial charge in [0.2, 0.25) is 12.4 Å². The van der Waals surface area contributed by atoms with Gasteiger partial charge in [-0.15, -0.1) is 0 Å². The molecule has 15 heavy (non-hydrogen) atoms. The average Bonchev–Trinajstić information content (AvgIpc) is 2.30. The molecule has 1 aliphatic rings. The van der Waals surface area contributed by atoms with Gasteiger partial charge >= 0.3 is 0 Å². The van der Waals surface area contributed by atoms with Crippen LogP contribution >= 0.6 is 15.9 Å². The van der Waals surface area contributed by atoms with E-state index >= 15 is 0 Å². The van der Waals surface area contributed by atoms with E-state index in [1.54, 1.807) is 17.3 Å². The number of anilines is 1. The van der Waals surface area contributed by atoms with Crippen LogP contribution in [0.15, 0.2) is 16.9 Å². The van der Waals surface area contributed by atoms with E-state index in [0.29, 0.717) is 0 Å². The molecule has 0 aromatic carbocycles. The van der Waals surface area contributed by atoms with Gasteiger partial charge in [-0.2, -0.15) is 0 Å². The molecule has 1 aromatic heterocycles. The largest absolute Gasteiger partial charge is 0.342 e. The number of carbonyl (C=O) groups excluding carboxylic acids is 1. The van der Waals surface area contributed by atoms with Gasteiger partial charge in [0.25, 0.3) is 0 Å². The Labute approximate surface area is 96.2 Å². The zero-order valence-electron chi connectivity index (χ0n) is 8.14. The predicted molar refractivity (Wildman–Crippen MR) is 59.6 cm³/mol.